The van der Waals surface area contributed by atoms with Gasteiger partial charge in [0.2, 0.25) is 11.9 Å². The Morgan fingerprint density at radius 3 is 2.29 bits per heavy atom. The number of hydrogen-bond acceptors (Lipinski definition) is 4. The van der Waals surface area contributed by atoms with E-state index in [9.17, 15) is 9.59 Å². The summed E-state index contributed by atoms with van der Waals surface area (Å²) in [4.78, 5) is 29.7. The van der Waals surface area contributed by atoms with Gasteiger partial charge in [-0.3, -0.25) is 14.2 Å². The van der Waals surface area contributed by atoms with E-state index in [-0.39, 0.29) is 18.0 Å². The number of hydrogen-bond donors (Lipinski definition) is 2. The highest BCUT2D eigenvalue weighted by Crippen LogP contribution is 2.18. The van der Waals surface area contributed by atoms with Crippen molar-refractivity contribution in [2.24, 2.45) is 0 Å². The minimum absolute atomic E-state index is 0.128. The summed E-state index contributed by atoms with van der Waals surface area (Å²) in [7, 11) is 0. The van der Waals surface area contributed by atoms with Crippen LogP contribution in [0.15, 0.2) is 53.3 Å². The maximum atomic E-state index is 12.7. The van der Waals surface area contributed by atoms with Crippen molar-refractivity contribution in [2.45, 2.75) is 53.5 Å². The molecule has 1 aromatic heterocycles. The van der Waals surface area contributed by atoms with Crippen LogP contribution in [0.1, 0.15) is 42.1 Å². The number of nitrogens with one attached hydrogen (secondary N) is 2. The third kappa shape index (κ3) is 6.28. The van der Waals surface area contributed by atoms with Gasteiger partial charge >= 0.3 is 0 Å². The van der Waals surface area contributed by atoms with Crippen molar-refractivity contribution in [3.63, 3.8) is 0 Å². The number of carbonyl (C=O) groups excluding carboxylic acids is 1. The second-order valence-electron chi connectivity index (χ2n) is 8.00. The van der Waals surface area contributed by atoms with E-state index >= 15 is 0 Å². The van der Waals surface area contributed by atoms with E-state index in [0.717, 1.165) is 36.1 Å². The molecule has 0 bridgehead atoms. The molecule has 1 amide bonds. The van der Waals surface area contributed by atoms with E-state index in [4.69, 9.17) is 0 Å². The SMILES string of the molecule is CCCCc1ccc(NC(=O)Cn2c(Nc3cc(C)cc(C)c3)nc(C)cc2=O)cc1. The van der Waals surface area contributed by atoms with E-state index in [2.05, 4.69) is 28.6 Å². The van der Waals surface area contributed by atoms with Gasteiger partial charge in [0, 0.05) is 23.1 Å². The molecule has 1 heterocycles. The van der Waals surface area contributed by atoms with Crippen LogP contribution in [0.4, 0.5) is 17.3 Å². The summed E-state index contributed by atoms with van der Waals surface area (Å²) in [6, 6.07) is 15.3. The lowest BCUT2D eigenvalue weighted by atomic mass is 10.1. The molecule has 0 aliphatic carbocycles. The van der Waals surface area contributed by atoms with Gasteiger partial charge in [-0.15, -0.1) is 0 Å². The van der Waals surface area contributed by atoms with Gasteiger partial charge in [0.1, 0.15) is 6.54 Å². The molecule has 162 valence electrons. The van der Waals surface area contributed by atoms with Crippen LogP contribution in [0.25, 0.3) is 0 Å². The molecule has 0 saturated heterocycles. The molecule has 2 aromatic carbocycles. The first-order valence-corrected chi connectivity index (χ1v) is 10.7. The first-order chi connectivity index (χ1) is 14.8. The quantitative estimate of drug-likeness (QED) is 0.546. The van der Waals surface area contributed by atoms with Crippen molar-refractivity contribution >= 4 is 23.2 Å². The smallest absolute Gasteiger partial charge is 0.255 e. The van der Waals surface area contributed by atoms with Gasteiger partial charge in [-0.05, 0) is 74.6 Å². The Hall–Kier alpha value is -3.41. The van der Waals surface area contributed by atoms with Gasteiger partial charge in [0.15, 0.2) is 0 Å². The molecule has 2 N–H and O–H groups in total. The van der Waals surface area contributed by atoms with Crippen LogP contribution in [0.2, 0.25) is 0 Å². The summed E-state index contributed by atoms with van der Waals surface area (Å²) in [5, 5.41) is 6.07. The zero-order chi connectivity index (χ0) is 22.4. The fourth-order valence-corrected chi connectivity index (χ4v) is 3.52. The summed E-state index contributed by atoms with van der Waals surface area (Å²) < 4.78 is 1.36. The van der Waals surface area contributed by atoms with Gasteiger partial charge in [-0.1, -0.05) is 31.5 Å². The Morgan fingerprint density at radius 2 is 1.65 bits per heavy atom. The molecule has 0 unspecified atom stereocenters. The van der Waals surface area contributed by atoms with Crippen LogP contribution in [0.5, 0.6) is 0 Å². The molecular weight excluding hydrogens is 388 g/mol. The topological polar surface area (TPSA) is 76.0 Å². The highest BCUT2D eigenvalue weighted by molar-refractivity contribution is 5.90. The van der Waals surface area contributed by atoms with Crippen molar-refractivity contribution in [1.29, 1.82) is 0 Å². The maximum Gasteiger partial charge on any atom is 0.255 e. The number of anilines is 3. The predicted octanol–water partition coefficient (Wildman–Crippen LogP) is 4.89. The number of carbonyl (C=O) groups is 1. The number of benzene rings is 2. The molecular formula is C25H30N4O2. The average molecular weight is 419 g/mol. The third-order valence-corrected chi connectivity index (χ3v) is 4.97. The van der Waals surface area contributed by atoms with Crippen LogP contribution in [-0.4, -0.2) is 15.5 Å². The number of unbranched alkanes of at least 4 members (excludes halogenated alkanes) is 1. The fraction of sp³-hybridized carbons (Fsp3) is 0.320. The third-order valence-electron chi connectivity index (χ3n) is 4.97. The number of nitrogens with zero attached hydrogens (tertiary/aromatic N) is 2. The fourth-order valence-electron chi connectivity index (χ4n) is 3.52. The Bertz CT molecular complexity index is 1100. The molecule has 0 aliphatic heterocycles. The largest absolute Gasteiger partial charge is 0.325 e. The standard InChI is InChI=1S/C25H30N4O2/c1-5-6-7-20-8-10-21(11-9-20)27-23(30)16-29-24(31)15-19(4)26-25(29)28-22-13-17(2)12-18(3)14-22/h8-15H,5-7,16H2,1-4H3,(H,26,28)(H,27,30). The molecule has 0 atom stereocenters. The van der Waals surface area contributed by atoms with Crippen molar-refractivity contribution in [1.82, 2.24) is 9.55 Å². The van der Waals surface area contributed by atoms with Crippen molar-refractivity contribution in [2.75, 3.05) is 10.6 Å². The van der Waals surface area contributed by atoms with E-state index in [1.165, 1.54) is 16.2 Å². The summed E-state index contributed by atoms with van der Waals surface area (Å²) in [5.41, 5.74) is 5.31. The van der Waals surface area contributed by atoms with E-state index < -0.39 is 0 Å². The number of aromatic nitrogens is 2. The van der Waals surface area contributed by atoms with Gasteiger partial charge in [0.05, 0.1) is 0 Å². The van der Waals surface area contributed by atoms with Crippen molar-refractivity contribution < 1.29 is 4.79 Å². The van der Waals surface area contributed by atoms with Gasteiger partial charge < -0.3 is 10.6 Å². The normalized spacial score (nSPS) is 10.7. The highest BCUT2D eigenvalue weighted by atomic mass is 16.2. The lowest BCUT2D eigenvalue weighted by Crippen LogP contribution is -2.30. The lowest BCUT2D eigenvalue weighted by molar-refractivity contribution is -0.116. The van der Waals surface area contributed by atoms with Crippen LogP contribution in [0.3, 0.4) is 0 Å². The number of rotatable bonds is 8. The second kappa shape index (κ2) is 10.1. The number of aryl methyl sites for hydroxylation is 4. The predicted molar refractivity (Wildman–Crippen MR) is 126 cm³/mol. The van der Waals surface area contributed by atoms with Gasteiger partial charge in [0.25, 0.3) is 5.56 Å². The van der Waals surface area contributed by atoms with Crippen molar-refractivity contribution in [3.8, 4) is 0 Å². The van der Waals surface area contributed by atoms with Crippen LogP contribution in [-0.2, 0) is 17.8 Å². The molecule has 3 rings (SSSR count). The molecule has 0 aliphatic rings. The minimum Gasteiger partial charge on any atom is -0.325 e. The minimum atomic E-state index is -0.280. The average Bonchev–Trinajstić information content (AvgIpc) is 2.69. The zero-order valence-electron chi connectivity index (χ0n) is 18.7. The van der Waals surface area contributed by atoms with Crippen LogP contribution in [0, 0.1) is 20.8 Å². The first-order valence-electron chi connectivity index (χ1n) is 10.7. The molecule has 0 radical (unpaired) electrons. The monoisotopic (exact) mass is 418 g/mol. The van der Waals surface area contributed by atoms with E-state index in [0.29, 0.717) is 17.3 Å². The van der Waals surface area contributed by atoms with Crippen molar-refractivity contribution in [3.05, 3.63) is 81.3 Å². The van der Waals surface area contributed by atoms with Gasteiger partial charge in [-0.2, -0.15) is 0 Å². The Kier molecular flexibility index (Phi) is 7.23. The summed E-state index contributed by atoms with van der Waals surface area (Å²) in [6.07, 6.45) is 3.32. The molecule has 0 spiro atoms. The van der Waals surface area contributed by atoms with Crippen LogP contribution >= 0.6 is 0 Å². The molecule has 6 nitrogen and oxygen atoms in total. The Balaban J connectivity index is 1.77. The Morgan fingerprint density at radius 1 is 0.968 bits per heavy atom. The van der Waals surface area contributed by atoms with E-state index in [1.807, 2.05) is 50.2 Å². The van der Waals surface area contributed by atoms with Crippen LogP contribution < -0.4 is 16.2 Å². The lowest BCUT2D eigenvalue weighted by Gasteiger charge is -2.15. The number of amides is 1. The first kappa shape index (κ1) is 22.3. The zero-order valence-corrected chi connectivity index (χ0v) is 18.7. The molecule has 0 saturated carbocycles. The van der Waals surface area contributed by atoms with Gasteiger partial charge in [-0.25, -0.2) is 4.98 Å². The highest BCUT2D eigenvalue weighted by Gasteiger charge is 2.12. The second-order valence-corrected chi connectivity index (χ2v) is 8.00. The molecule has 6 heteroatoms. The maximum absolute atomic E-state index is 12.7. The Labute approximate surface area is 183 Å². The molecule has 31 heavy (non-hydrogen) atoms. The molecule has 0 fully saturated rings. The summed E-state index contributed by atoms with van der Waals surface area (Å²) >= 11 is 0. The van der Waals surface area contributed by atoms with E-state index in [1.54, 1.807) is 6.92 Å². The molecule has 3 aromatic rings. The summed E-state index contributed by atoms with van der Waals surface area (Å²) in [5.74, 6) is 0.0672. The summed E-state index contributed by atoms with van der Waals surface area (Å²) in [6.45, 7) is 7.82.